The van der Waals surface area contributed by atoms with Crippen LogP contribution in [0.5, 0.6) is 11.5 Å². The van der Waals surface area contributed by atoms with Crippen LogP contribution < -0.4 is 9.47 Å². The van der Waals surface area contributed by atoms with E-state index >= 15 is 0 Å². The summed E-state index contributed by atoms with van der Waals surface area (Å²) in [5.74, 6) is 0.500. The number of methoxy groups -OCH3 is 2. The van der Waals surface area contributed by atoms with Crippen LogP contribution in [0.3, 0.4) is 0 Å². The fourth-order valence-electron chi connectivity index (χ4n) is 1.49. The summed E-state index contributed by atoms with van der Waals surface area (Å²) in [4.78, 5) is 11.7. The molecule has 0 heterocycles. The molecule has 0 unspecified atom stereocenters. The van der Waals surface area contributed by atoms with E-state index in [0.29, 0.717) is 17.1 Å². The molecule has 0 saturated carbocycles. The minimum Gasteiger partial charge on any atom is -0.497 e. The first-order valence-corrected chi connectivity index (χ1v) is 6.06. The maximum absolute atomic E-state index is 11.7. The third-order valence-electron chi connectivity index (χ3n) is 2.37. The highest BCUT2D eigenvalue weighted by molar-refractivity contribution is 5.98. The summed E-state index contributed by atoms with van der Waals surface area (Å²) in [6.45, 7) is 3.45. The predicted molar refractivity (Wildman–Crippen MR) is 74.4 cm³/mol. The number of carbonyl (C=O) groups is 1. The van der Waals surface area contributed by atoms with Crippen molar-refractivity contribution < 1.29 is 19.0 Å². The Morgan fingerprint density at radius 3 is 2.15 bits per heavy atom. The summed E-state index contributed by atoms with van der Waals surface area (Å²) in [6.07, 6.45) is 1.16. The highest BCUT2D eigenvalue weighted by Crippen LogP contribution is 2.24. The van der Waals surface area contributed by atoms with Gasteiger partial charge in [0, 0.05) is 6.07 Å². The van der Waals surface area contributed by atoms with E-state index in [0.717, 1.165) is 0 Å². The van der Waals surface area contributed by atoms with Crippen molar-refractivity contribution in [1.82, 2.24) is 0 Å². The van der Waals surface area contributed by atoms with Crippen molar-refractivity contribution in [2.45, 2.75) is 20.0 Å². The molecule has 0 bridgehead atoms. The Labute approximate surface area is 118 Å². The number of carbonyl (C=O) groups excluding carboxylic acids is 1. The van der Waals surface area contributed by atoms with Crippen LogP contribution >= 0.6 is 0 Å². The van der Waals surface area contributed by atoms with Gasteiger partial charge in [0.1, 0.15) is 23.1 Å². The van der Waals surface area contributed by atoms with Gasteiger partial charge in [-0.1, -0.05) is 0 Å². The average Bonchev–Trinajstić information content (AvgIpc) is 2.43. The summed E-state index contributed by atoms with van der Waals surface area (Å²) in [5, 5.41) is 9.04. The molecule has 0 amide bonds. The number of benzene rings is 1. The second-order valence-corrected chi connectivity index (χ2v) is 4.27. The third-order valence-corrected chi connectivity index (χ3v) is 2.37. The molecular formula is C15H17NO4. The molecule has 0 aliphatic carbocycles. The van der Waals surface area contributed by atoms with Crippen molar-refractivity contribution in [2.75, 3.05) is 14.2 Å². The number of esters is 1. The van der Waals surface area contributed by atoms with Crippen LogP contribution in [-0.2, 0) is 9.53 Å². The van der Waals surface area contributed by atoms with E-state index in [1.165, 1.54) is 20.3 Å². The van der Waals surface area contributed by atoms with Crippen molar-refractivity contribution in [2.24, 2.45) is 0 Å². The van der Waals surface area contributed by atoms with Gasteiger partial charge in [0.25, 0.3) is 0 Å². The lowest BCUT2D eigenvalue weighted by Crippen LogP contribution is -2.12. The number of nitriles is 1. The minimum absolute atomic E-state index is 0.0750. The summed E-state index contributed by atoms with van der Waals surface area (Å²) in [5.41, 5.74) is 0.549. The average molecular weight is 275 g/mol. The molecule has 0 radical (unpaired) electrons. The Kier molecular flexibility index (Phi) is 5.60. The SMILES string of the molecule is COc1cc(/C=C(\C#N)C(=O)OC(C)C)cc(OC)c1. The lowest BCUT2D eigenvalue weighted by atomic mass is 10.1. The first-order valence-electron chi connectivity index (χ1n) is 6.06. The molecule has 5 nitrogen and oxygen atoms in total. The van der Waals surface area contributed by atoms with E-state index < -0.39 is 5.97 Å². The van der Waals surface area contributed by atoms with Crippen molar-refractivity contribution in [3.8, 4) is 17.6 Å². The molecule has 0 atom stereocenters. The largest absolute Gasteiger partial charge is 0.497 e. The van der Waals surface area contributed by atoms with Crippen LogP contribution in [-0.4, -0.2) is 26.3 Å². The topological polar surface area (TPSA) is 68.5 Å². The highest BCUT2D eigenvalue weighted by atomic mass is 16.5. The van der Waals surface area contributed by atoms with E-state index in [2.05, 4.69) is 0 Å². The Morgan fingerprint density at radius 1 is 1.20 bits per heavy atom. The maximum Gasteiger partial charge on any atom is 0.349 e. The van der Waals surface area contributed by atoms with Crippen LogP contribution in [0.25, 0.3) is 6.08 Å². The molecule has 5 heteroatoms. The molecule has 0 aromatic heterocycles. The lowest BCUT2D eigenvalue weighted by Gasteiger charge is -2.08. The molecular weight excluding hydrogens is 258 g/mol. The van der Waals surface area contributed by atoms with E-state index in [4.69, 9.17) is 19.5 Å². The zero-order valence-corrected chi connectivity index (χ0v) is 12.0. The van der Waals surface area contributed by atoms with Crippen LogP contribution in [0, 0.1) is 11.3 Å². The first-order chi connectivity index (χ1) is 9.49. The molecule has 0 saturated heterocycles. The van der Waals surface area contributed by atoms with Gasteiger partial charge in [-0.15, -0.1) is 0 Å². The molecule has 20 heavy (non-hydrogen) atoms. The Morgan fingerprint density at radius 2 is 1.75 bits per heavy atom. The number of hydrogen-bond donors (Lipinski definition) is 0. The second kappa shape index (κ2) is 7.19. The van der Waals surface area contributed by atoms with Crippen molar-refractivity contribution in [3.63, 3.8) is 0 Å². The van der Waals surface area contributed by atoms with Crippen LogP contribution in [0.2, 0.25) is 0 Å². The normalized spacial score (nSPS) is 10.9. The lowest BCUT2D eigenvalue weighted by molar-refractivity contribution is -0.142. The van der Waals surface area contributed by atoms with Gasteiger partial charge in [0.2, 0.25) is 0 Å². The fourth-order valence-corrected chi connectivity index (χ4v) is 1.49. The minimum atomic E-state index is -0.649. The third kappa shape index (κ3) is 4.32. The second-order valence-electron chi connectivity index (χ2n) is 4.27. The van der Waals surface area contributed by atoms with Crippen molar-refractivity contribution in [1.29, 1.82) is 5.26 Å². The van der Waals surface area contributed by atoms with E-state index in [1.807, 2.05) is 6.07 Å². The number of nitrogens with zero attached hydrogens (tertiary/aromatic N) is 1. The molecule has 1 aromatic carbocycles. The van der Waals surface area contributed by atoms with Gasteiger partial charge in [0.05, 0.1) is 20.3 Å². The van der Waals surface area contributed by atoms with Gasteiger partial charge in [-0.2, -0.15) is 5.26 Å². The van der Waals surface area contributed by atoms with Gasteiger partial charge in [-0.3, -0.25) is 0 Å². The molecule has 0 aliphatic rings. The van der Waals surface area contributed by atoms with Crippen LogP contribution in [0.4, 0.5) is 0 Å². The van der Waals surface area contributed by atoms with Crippen molar-refractivity contribution >= 4 is 12.0 Å². The Hall–Kier alpha value is -2.48. The van der Waals surface area contributed by atoms with E-state index in [9.17, 15) is 4.79 Å². The smallest absolute Gasteiger partial charge is 0.349 e. The van der Waals surface area contributed by atoms with Gasteiger partial charge in [-0.05, 0) is 37.6 Å². The maximum atomic E-state index is 11.7. The fraction of sp³-hybridized carbons (Fsp3) is 0.333. The molecule has 1 rings (SSSR count). The number of rotatable bonds is 5. The number of ether oxygens (including phenoxy) is 3. The summed E-state index contributed by atoms with van der Waals surface area (Å²) < 4.78 is 15.3. The van der Waals surface area contributed by atoms with Crippen molar-refractivity contribution in [3.05, 3.63) is 29.3 Å². The van der Waals surface area contributed by atoms with Crippen LogP contribution in [0.1, 0.15) is 19.4 Å². The molecule has 0 fully saturated rings. The van der Waals surface area contributed by atoms with Gasteiger partial charge >= 0.3 is 5.97 Å². The molecule has 0 aliphatic heterocycles. The van der Waals surface area contributed by atoms with Gasteiger partial charge < -0.3 is 14.2 Å². The zero-order chi connectivity index (χ0) is 15.1. The molecule has 0 N–H and O–H groups in total. The summed E-state index contributed by atoms with van der Waals surface area (Å²) in [6, 6.07) is 6.93. The summed E-state index contributed by atoms with van der Waals surface area (Å²) in [7, 11) is 3.06. The summed E-state index contributed by atoms with van der Waals surface area (Å²) >= 11 is 0. The van der Waals surface area contributed by atoms with E-state index in [-0.39, 0.29) is 11.7 Å². The standard InChI is InChI=1S/C15H17NO4/c1-10(2)20-15(17)12(9-16)5-11-6-13(18-3)8-14(7-11)19-4/h5-8,10H,1-4H3/b12-5+. The molecule has 0 spiro atoms. The Bertz CT molecular complexity index is 533. The predicted octanol–water partition coefficient (Wildman–Crippen LogP) is 2.56. The van der Waals surface area contributed by atoms with E-state index in [1.54, 1.807) is 32.0 Å². The highest BCUT2D eigenvalue weighted by Gasteiger charge is 2.13. The Balaban J connectivity index is 3.12. The quantitative estimate of drug-likeness (QED) is 0.469. The van der Waals surface area contributed by atoms with Crippen LogP contribution in [0.15, 0.2) is 23.8 Å². The molecule has 106 valence electrons. The monoisotopic (exact) mass is 275 g/mol. The molecule has 1 aromatic rings. The first kappa shape index (κ1) is 15.6. The zero-order valence-electron chi connectivity index (χ0n) is 12.0. The van der Waals surface area contributed by atoms with Gasteiger partial charge in [-0.25, -0.2) is 4.79 Å². The van der Waals surface area contributed by atoms with Gasteiger partial charge in [0.15, 0.2) is 0 Å². The number of hydrogen-bond acceptors (Lipinski definition) is 5.